The first kappa shape index (κ1) is 14.1. The van der Waals surface area contributed by atoms with E-state index in [1.54, 1.807) is 0 Å². The van der Waals surface area contributed by atoms with Crippen molar-refractivity contribution in [3.8, 4) is 0 Å². The normalized spacial score (nSPS) is 16.6. The van der Waals surface area contributed by atoms with Crippen LogP contribution in [0.15, 0.2) is 0 Å². The standard InChI is InChI=1S/C13H27B/c1-6-8-9-10-11-12(3,4)13(5,14)7-2/h6-11H2,1-5H3. The van der Waals surface area contributed by atoms with Crippen molar-refractivity contribution in [2.45, 2.75) is 78.5 Å². The summed E-state index contributed by atoms with van der Waals surface area (Å²) in [5.74, 6) is 0. The molecule has 0 aliphatic carbocycles. The Hall–Kier alpha value is 0.0649. The smallest absolute Gasteiger partial charge is 0.0671 e. The monoisotopic (exact) mass is 194 g/mol. The van der Waals surface area contributed by atoms with Crippen LogP contribution in [0, 0.1) is 5.41 Å². The fourth-order valence-corrected chi connectivity index (χ4v) is 1.76. The lowest BCUT2D eigenvalue weighted by molar-refractivity contribution is 0.216. The third kappa shape index (κ3) is 4.06. The van der Waals surface area contributed by atoms with E-state index in [-0.39, 0.29) is 10.7 Å². The summed E-state index contributed by atoms with van der Waals surface area (Å²) >= 11 is 0. The molecule has 0 fully saturated rings. The summed E-state index contributed by atoms with van der Waals surface area (Å²) < 4.78 is 0. The Kier molecular flexibility index (Phi) is 5.85. The van der Waals surface area contributed by atoms with E-state index in [1.807, 2.05) is 0 Å². The summed E-state index contributed by atoms with van der Waals surface area (Å²) in [6, 6.07) is 0. The Balaban J connectivity index is 3.94. The summed E-state index contributed by atoms with van der Waals surface area (Å²) in [5, 5.41) is -0.0147. The number of hydrogen-bond donors (Lipinski definition) is 0. The number of unbranched alkanes of at least 4 members (excludes halogenated alkanes) is 3. The SMILES string of the molecule is [B]C(C)(CC)C(C)(C)CCCCCC. The molecule has 2 radical (unpaired) electrons. The van der Waals surface area contributed by atoms with Crippen molar-refractivity contribution < 1.29 is 0 Å². The van der Waals surface area contributed by atoms with Crippen LogP contribution < -0.4 is 0 Å². The molecule has 14 heavy (non-hydrogen) atoms. The number of hydrogen-bond acceptors (Lipinski definition) is 0. The largest absolute Gasteiger partial charge is 0.0749 e. The highest BCUT2D eigenvalue weighted by Crippen LogP contribution is 2.48. The van der Waals surface area contributed by atoms with Crippen LogP contribution in [0.25, 0.3) is 0 Å². The molecule has 0 spiro atoms. The third-order valence-electron chi connectivity index (χ3n) is 3.94. The van der Waals surface area contributed by atoms with Crippen LogP contribution in [0.3, 0.4) is 0 Å². The topological polar surface area (TPSA) is 0 Å². The zero-order valence-electron chi connectivity index (χ0n) is 10.8. The molecule has 0 aliphatic heterocycles. The Labute approximate surface area is 92.3 Å². The van der Waals surface area contributed by atoms with Gasteiger partial charge in [-0.3, -0.25) is 0 Å². The quantitative estimate of drug-likeness (QED) is 0.405. The van der Waals surface area contributed by atoms with Gasteiger partial charge in [0.1, 0.15) is 0 Å². The average Bonchev–Trinajstić information content (AvgIpc) is 2.12. The van der Waals surface area contributed by atoms with Gasteiger partial charge in [0, 0.05) is 0 Å². The molecule has 0 bridgehead atoms. The Morgan fingerprint density at radius 2 is 1.50 bits per heavy atom. The molecule has 0 aliphatic rings. The lowest BCUT2D eigenvalue weighted by atomic mass is 9.52. The average molecular weight is 194 g/mol. The maximum absolute atomic E-state index is 6.31. The molecule has 82 valence electrons. The molecule has 1 unspecified atom stereocenters. The van der Waals surface area contributed by atoms with Gasteiger partial charge >= 0.3 is 0 Å². The summed E-state index contributed by atoms with van der Waals surface area (Å²) in [6.45, 7) is 11.2. The van der Waals surface area contributed by atoms with Crippen molar-refractivity contribution in [1.29, 1.82) is 0 Å². The van der Waals surface area contributed by atoms with Crippen LogP contribution in [-0.2, 0) is 0 Å². The van der Waals surface area contributed by atoms with Crippen LogP contribution in [0.2, 0.25) is 5.31 Å². The van der Waals surface area contributed by atoms with Crippen LogP contribution in [0.1, 0.15) is 73.1 Å². The first-order valence-corrected chi connectivity index (χ1v) is 6.16. The fourth-order valence-electron chi connectivity index (χ4n) is 1.76. The first-order chi connectivity index (χ1) is 6.37. The molecule has 0 rings (SSSR count). The second kappa shape index (κ2) is 5.83. The van der Waals surface area contributed by atoms with Gasteiger partial charge in [0.25, 0.3) is 0 Å². The Morgan fingerprint density at radius 3 is 1.93 bits per heavy atom. The third-order valence-corrected chi connectivity index (χ3v) is 3.94. The van der Waals surface area contributed by atoms with Gasteiger partial charge in [0.15, 0.2) is 0 Å². The van der Waals surface area contributed by atoms with Gasteiger partial charge < -0.3 is 0 Å². The van der Waals surface area contributed by atoms with E-state index in [2.05, 4.69) is 34.6 Å². The molecule has 1 heteroatoms. The maximum atomic E-state index is 6.31. The van der Waals surface area contributed by atoms with Crippen molar-refractivity contribution in [3.63, 3.8) is 0 Å². The van der Waals surface area contributed by atoms with Gasteiger partial charge in [-0.1, -0.05) is 72.0 Å². The van der Waals surface area contributed by atoms with Gasteiger partial charge in [-0.2, -0.15) is 0 Å². The zero-order chi connectivity index (χ0) is 11.2. The highest BCUT2D eigenvalue weighted by molar-refractivity contribution is 6.15. The summed E-state index contributed by atoms with van der Waals surface area (Å²) in [7, 11) is 6.31. The minimum atomic E-state index is -0.0147. The van der Waals surface area contributed by atoms with Gasteiger partial charge in [-0.15, -0.1) is 0 Å². The molecule has 0 aromatic carbocycles. The lowest BCUT2D eigenvalue weighted by Gasteiger charge is -2.42. The van der Waals surface area contributed by atoms with Crippen molar-refractivity contribution in [2.24, 2.45) is 5.41 Å². The zero-order valence-corrected chi connectivity index (χ0v) is 10.8. The molecule has 0 aromatic rings. The van der Waals surface area contributed by atoms with Crippen LogP contribution in [0.5, 0.6) is 0 Å². The molecule has 0 aromatic heterocycles. The van der Waals surface area contributed by atoms with Crippen LogP contribution >= 0.6 is 0 Å². The van der Waals surface area contributed by atoms with Gasteiger partial charge in [-0.05, 0) is 11.8 Å². The van der Waals surface area contributed by atoms with Gasteiger partial charge in [0.2, 0.25) is 0 Å². The molecular weight excluding hydrogens is 167 g/mol. The molecule has 0 saturated carbocycles. The van der Waals surface area contributed by atoms with E-state index < -0.39 is 0 Å². The van der Waals surface area contributed by atoms with Crippen molar-refractivity contribution >= 4 is 7.85 Å². The second-order valence-electron chi connectivity index (χ2n) is 5.47. The predicted molar refractivity (Wildman–Crippen MR) is 67.0 cm³/mol. The van der Waals surface area contributed by atoms with E-state index >= 15 is 0 Å². The predicted octanol–water partition coefficient (Wildman–Crippen LogP) is 4.74. The van der Waals surface area contributed by atoms with E-state index in [0.29, 0.717) is 0 Å². The van der Waals surface area contributed by atoms with E-state index in [4.69, 9.17) is 7.85 Å². The summed E-state index contributed by atoms with van der Waals surface area (Å²) in [4.78, 5) is 0. The van der Waals surface area contributed by atoms with Gasteiger partial charge in [0.05, 0.1) is 7.85 Å². The Bertz CT molecular complexity index is 147. The van der Waals surface area contributed by atoms with Crippen molar-refractivity contribution in [3.05, 3.63) is 0 Å². The molecule has 1 atom stereocenters. The summed E-state index contributed by atoms with van der Waals surface area (Å²) in [5.41, 5.74) is 0.273. The Morgan fingerprint density at radius 1 is 0.929 bits per heavy atom. The molecule has 0 saturated heterocycles. The maximum Gasteiger partial charge on any atom is 0.0749 e. The molecule has 0 N–H and O–H groups in total. The van der Waals surface area contributed by atoms with E-state index in [0.717, 1.165) is 6.42 Å². The second-order valence-corrected chi connectivity index (χ2v) is 5.47. The van der Waals surface area contributed by atoms with Crippen molar-refractivity contribution in [2.75, 3.05) is 0 Å². The minimum Gasteiger partial charge on any atom is -0.0671 e. The molecule has 0 nitrogen and oxygen atoms in total. The van der Waals surface area contributed by atoms with E-state index in [9.17, 15) is 0 Å². The highest BCUT2D eigenvalue weighted by atomic mass is 14.4. The molecular formula is C13H27B. The van der Waals surface area contributed by atoms with E-state index in [1.165, 1.54) is 32.1 Å². The van der Waals surface area contributed by atoms with Gasteiger partial charge in [-0.25, -0.2) is 0 Å². The van der Waals surface area contributed by atoms with Crippen LogP contribution in [0.4, 0.5) is 0 Å². The lowest BCUT2D eigenvalue weighted by Crippen LogP contribution is -2.28. The van der Waals surface area contributed by atoms with Crippen LogP contribution in [-0.4, -0.2) is 7.85 Å². The number of rotatable bonds is 7. The fraction of sp³-hybridized carbons (Fsp3) is 1.00. The van der Waals surface area contributed by atoms with Crippen molar-refractivity contribution in [1.82, 2.24) is 0 Å². The molecule has 0 heterocycles. The minimum absolute atomic E-state index is 0.0147. The summed E-state index contributed by atoms with van der Waals surface area (Å²) in [6.07, 6.45) is 7.69. The first-order valence-electron chi connectivity index (χ1n) is 6.16. The molecule has 0 amide bonds. The highest BCUT2D eigenvalue weighted by Gasteiger charge is 2.33.